The Labute approximate surface area is 45.9 Å². The third kappa shape index (κ3) is 1.50. The van der Waals surface area contributed by atoms with Gasteiger partial charge < -0.3 is 0 Å². The molecule has 0 heterocycles. The van der Waals surface area contributed by atoms with Gasteiger partial charge in [-0.1, -0.05) is 32.1 Å². The lowest BCUT2D eigenvalue weighted by Crippen LogP contribution is -2.00. The van der Waals surface area contributed by atoms with Crippen molar-refractivity contribution in [3.05, 3.63) is 6.92 Å². The van der Waals surface area contributed by atoms with Crippen LogP contribution in [0.1, 0.15) is 32.1 Å². The molecule has 0 unspecified atom stereocenters. The van der Waals surface area contributed by atoms with Gasteiger partial charge in [0.1, 0.15) is 0 Å². The van der Waals surface area contributed by atoms with E-state index in [1.54, 1.807) is 0 Å². The molecule has 0 nitrogen and oxygen atoms in total. The van der Waals surface area contributed by atoms with Crippen LogP contribution < -0.4 is 0 Å². The maximum absolute atomic E-state index is 5.63. The van der Waals surface area contributed by atoms with Crippen molar-refractivity contribution in [1.82, 2.24) is 0 Å². The van der Waals surface area contributed by atoms with Gasteiger partial charge in [-0.2, -0.15) is 0 Å². The first-order chi connectivity index (χ1) is 3.39. The fourth-order valence-corrected chi connectivity index (χ4v) is 1.13. The molecule has 0 atom stereocenters. The second-order valence-electron chi connectivity index (χ2n) is 2.40. The van der Waals surface area contributed by atoms with Crippen LogP contribution in [0, 0.1) is 12.8 Å². The molecule has 0 aromatic rings. The Kier molecular flexibility index (Phi) is 1.72. The van der Waals surface area contributed by atoms with Crippen molar-refractivity contribution in [2.24, 2.45) is 5.92 Å². The molecule has 0 N–H and O–H groups in total. The predicted molar refractivity (Wildman–Crippen MR) is 30.9 cm³/mol. The van der Waals surface area contributed by atoms with Crippen molar-refractivity contribution in [2.75, 3.05) is 0 Å². The monoisotopic (exact) mass is 96.1 g/mol. The first-order valence-electron chi connectivity index (χ1n) is 3.15. The molecule has 1 aliphatic rings. The first kappa shape index (κ1) is 5.14. The summed E-state index contributed by atoms with van der Waals surface area (Å²) >= 11 is 0. The number of rotatable bonds is 0. The van der Waals surface area contributed by atoms with Crippen molar-refractivity contribution in [2.45, 2.75) is 32.1 Å². The SMILES string of the molecule is [CH]C1CCCCC1. The molecule has 0 bridgehead atoms. The van der Waals surface area contributed by atoms with E-state index in [1.165, 1.54) is 32.1 Å². The fraction of sp³-hybridized carbons (Fsp3) is 0.857. The average Bonchev–Trinajstić information content (AvgIpc) is 1.69. The Morgan fingerprint density at radius 1 is 1.00 bits per heavy atom. The van der Waals surface area contributed by atoms with E-state index in [9.17, 15) is 0 Å². The highest BCUT2D eigenvalue weighted by molar-refractivity contribution is 4.65. The van der Waals surface area contributed by atoms with Gasteiger partial charge in [-0.05, 0) is 12.8 Å². The zero-order valence-electron chi connectivity index (χ0n) is 4.69. The van der Waals surface area contributed by atoms with Crippen molar-refractivity contribution in [1.29, 1.82) is 0 Å². The summed E-state index contributed by atoms with van der Waals surface area (Å²) in [4.78, 5) is 0. The van der Waals surface area contributed by atoms with E-state index in [0.29, 0.717) is 5.92 Å². The lowest BCUT2D eigenvalue weighted by atomic mass is 9.91. The topological polar surface area (TPSA) is 0 Å². The van der Waals surface area contributed by atoms with Gasteiger partial charge in [0, 0.05) is 0 Å². The Hall–Kier alpha value is 0. The second-order valence-corrected chi connectivity index (χ2v) is 2.40. The highest BCUT2D eigenvalue weighted by atomic mass is 14.1. The van der Waals surface area contributed by atoms with Gasteiger partial charge in [0.25, 0.3) is 0 Å². The maximum atomic E-state index is 5.63. The van der Waals surface area contributed by atoms with Gasteiger partial charge in [-0.25, -0.2) is 0 Å². The summed E-state index contributed by atoms with van der Waals surface area (Å²) in [5, 5.41) is 0. The molecular formula is C7H12. The van der Waals surface area contributed by atoms with E-state index in [1.807, 2.05) is 0 Å². The van der Waals surface area contributed by atoms with Gasteiger partial charge >= 0.3 is 0 Å². The third-order valence-electron chi connectivity index (χ3n) is 1.65. The smallest absolute Gasteiger partial charge is 0.0318 e. The van der Waals surface area contributed by atoms with Crippen molar-refractivity contribution >= 4 is 0 Å². The van der Waals surface area contributed by atoms with Crippen LogP contribution in [0.15, 0.2) is 0 Å². The maximum Gasteiger partial charge on any atom is -0.0318 e. The second kappa shape index (κ2) is 2.34. The Bertz CT molecular complexity index is 42.0. The molecule has 1 aliphatic carbocycles. The zero-order valence-corrected chi connectivity index (χ0v) is 4.69. The molecule has 0 saturated heterocycles. The first-order valence-corrected chi connectivity index (χ1v) is 3.15. The van der Waals surface area contributed by atoms with Crippen LogP contribution in [0.3, 0.4) is 0 Å². The van der Waals surface area contributed by atoms with Crippen LogP contribution in [0.2, 0.25) is 0 Å². The molecule has 1 saturated carbocycles. The average molecular weight is 96.2 g/mol. The Morgan fingerprint density at radius 2 is 1.57 bits per heavy atom. The minimum Gasteiger partial charge on any atom is -0.0533 e. The molecule has 0 aliphatic heterocycles. The summed E-state index contributed by atoms with van der Waals surface area (Å²) in [6, 6.07) is 0. The van der Waals surface area contributed by atoms with E-state index in [2.05, 4.69) is 0 Å². The van der Waals surface area contributed by atoms with Gasteiger partial charge in [-0.3, -0.25) is 0 Å². The highest BCUT2D eigenvalue weighted by Crippen LogP contribution is 2.21. The van der Waals surface area contributed by atoms with E-state index in [0.717, 1.165) is 0 Å². The highest BCUT2D eigenvalue weighted by Gasteiger charge is 2.06. The van der Waals surface area contributed by atoms with Crippen LogP contribution in [0.5, 0.6) is 0 Å². The summed E-state index contributed by atoms with van der Waals surface area (Å²) in [6.45, 7) is 5.63. The molecule has 2 radical (unpaired) electrons. The Balaban J connectivity index is 2.12. The summed E-state index contributed by atoms with van der Waals surface area (Å²) in [5.74, 6) is 0.536. The molecule has 1 rings (SSSR count). The van der Waals surface area contributed by atoms with Gasteiger partial charge in [0.15, 0.2) is 0 Å². The van der Waals surface area contributed by atoms with E-state index in [-0.39, 0.29) is 0 Å². The molecule has 0 spiro atoms. The molecule has 0 heteroatoms. The minimum absolute atomic E-state index is 0.536. The van der Waals surface area contributed by atoms with Gasteiger partial charge in [-0.15, -0.1) is 0 Å². The number of hydrogen-bond donors (Lipinski definition) is 0. The van der Waals surface area contributed by atoms with Crippen LogP contribution in [0.25, 0.3) is 0 Å². The predicted octanol–water partition coefficient (Wildman–Crippen LogP) is 2.28. The quantitative estimate of drug-likeness (QED) is 0.434. The fourth-order valence-electron chi connectivity index (χ4n) is 1.13. The molecule has 40 valence electrons. The summed E-state index contributed by atoms with van der Waals surface area (Å²) < 4.78 is 0. The standard InChI is InChI=1S/C7H12/c1-7-5-3-2-4-6-7/h1,7H,2-6H2. The number of hydrogen-bond acceptors (Lipinski definition) is 0. The van der Waals surface area contributed by atoms with Gasteiger partial charge in [0.2, 0.25) is 0 Å². The largest absolute Gasteiger partial charge is 0.0533 e. The van der Waals surface area contributed by atoms with Crippen LogP contribution in [0.4, 0.5) is 0 Å². The molecular weight excluding hydrogens is 84.1 g/mol. The molecule has 0 aromatic carbocycles. The summed E-state index contributed by atoms with van der Waals surface area (Å²) in [7, 11) is 0. The summed E-state index contributed by atoms with van der Waals surface area (Å²) in [6.07, 6.45) is 6.66. The van der Waals surface area contributed by atoms with Gasteiger partial charge in [0.05, 0.1) is 0 Å². The molecule has 1 fully saturated rings. The van der Waals surface area contributed by atoms with Crippen molar-refractivity contribution in [3.63, 3.8) is 0 Å². The molecule has 0 aromatic heterocycles. The lowest BCUT2D eigenvalue weighted by molar-refractivity contribution is 0.417. The third-order valence-corrected chi connectivity index (χ3v) is 1.65. The van der Waals surface area contributed by atoms with Crippen molar-refractivity contribution < 1.29 is 0 Å². The normalized spacial score (nSPS) is 25.3. The lowest BCUT2D eigenvalue weighted by Gasteiger charge is -2.15. The summed E-state index contributed by atoms with van der Waals surface area (Å²) in [5.41, 5.74) is 0. The zero-order chi connectivity index (χ0) is 5.11. The van der Waals surface area contributed by atoms with E-state index >= 15 is 0 Å². The van der Waals surface area contributed by atoms with Crippen LogP contribution in [-0.2, 0) is 0 Å². The van der Waals surface area contributed by atoms with E-state index < -0.39 is 0 Å². The minimum atomic E-state index is 0.536. The Morgan fingerprint density at radius 3 is 1.86 bits per heavy atom. The molecule has 7 heavy (non-hydrogen) atoms. The van der Waals surface area contributed by atoms with Crippen LogP contribution in [-0.4, -0.2) is 0 Å². The van der Waals surface area contributed by atoms with E-state index in [4.69, 9.17) is 6.92 Å². The van der Waals surface area contributed by atoms with Crippen LogP contribution >= 0.6 is 0 Å². The molecule has 0 amide bonds. The van der Waals surface area contributed by atoms with Crippen molar-refractivity contribution in [3.8, 4) is 0 Å².